The second-order valence-corrected chi connectivity index (χ2v) is 6.68. The first-order valence-corrected chi connectivity index (χ1v) is 8.34. The van der Waals surface area contributed by atoms with Crippen LogP contribution in [0.5, 0.6) is 0 Å². The zero-order valence-electron chi connectivity index (χ0n) is 14.1. The fraction of sp³-hybridized carbons (Fsp3) is 0.611. The zero-order valence-corrected chi connectivity index (χ0v) is 14.1. The van der Waals surface area contributed by atoms with E-state index in [1.165, 1.54) is 11.1 Å². The lowest BCUT2D eigenvalue weighted by molar-refractivity contribution is -0.117. The van der Waals surface area contributed by atoms with Gasteiger partial charge in [0.25, 0.3) is 0 Å². The molecule has 4 heteroatoms. The Morgan fingerprint density at radius 2 is 1.95 bits per heavy atom. The molecule has 3 N–H and O–H groups in total. The molecule has 1 aromatic carbocycles. The summed E-state index contributed by atoms with van der Waals surface area (Å²) in [5, 5.41) is 3.14. The molecule has 1 fully saturated rings. The molecule has 4 nitrogen and oxygen atoms in total. The Balaban J connectivity index is 2.01. The van der Waals surface area contributed by atoms with Gasteiger partial charge in [0.05, 0.1) is 6.54 Å². The lowest BCUT2D eigenvalue weighted by Gasteiger charge is -2.22. The molecular weight excluding hydrogens is 274 g/mol. The third-order valence-electron chi connectivity index (χ3n) is 4.76. The van der Waals surface area contributed by atoms with Gasteiger partial charge < -0.3 is 11.1 Å². The highest BCUT2D eigenvalue weighted by molar-refractivity contribution is 5.93. The summed E-state index contributed by atoms with van der Waals surface area (Å²) >= 11 is 0. The molecule has 1 saturated heterocycles. The van der Waals surface area contributed by atoms with Crippen molar-refractivity contribution in [3.8, 4) is 0 Å². The summed E-state index contributed by atoms with van der Waals surface area (Å²) in [5.74, 6) is 0.0804. The molecule has 1 aliphatic rings. The van der Waals surface area contributed by atoms with Crippen molar-refractivity contribution in [2.24, 2.45) is 11.1 Å². The molecule has 0 aliphatic carbocycles. The highest BCUT2D eigenvalue weighted by atomic mass is 16.2. The summed E-state index contributed by atoms with van der Waals surface area (Å²) in [6.45, 7) is 9.45. The normalized spacial score (nSPS) is 22.0. The zero-order chi connectivity index (χ0) is 16.2. The summed E-state index contributed by atoms with van der Waals surface area (Å²) in [4.78, 5) is 14.6. The van der Waals surface area contributed by atoms with Crippen molar-refractivity contribution >= 4 is 11.6 Å². The smallest absolute Gasteiger partial charge is 0.238 e. The lowest BCUT2D eigenvalue weighted by Crippen LogP contribution is -2.35. The summed E-state index contributed by atoms with van der Waals surface area (Å²) in [5.41, 5.74) is 9.43. The fourth-order valence-electron chi connectivity index (χ4n) is 3.21. The Bertz CT molecular complexity index is 507. The van der Waals surface area contributed by atoms with Crippen molar-refractivity contribution < 1.29 is 4.79 Å². The molecule has 2 rings (SSSR count). The van der Waals surface area contributed by atoms with Crippen molar-refractivity contribution in [1.29, 1.82) is 0 Å². The monoisotopic (exact) mass is 303 g/mol. The quantitative estimate of drug-likeness (QED) is 0.848. The van der Waals surface area contributed by atoms with Gasteiger partial charge in [0.15, 0.2) is 0 Å². The number of likely N-dealkylation sites (tertiary alicyclic amines) is 1. The molecule has 0 spiro atoms. The second-order valence-electron chi connectivity index (χ2n) is 6.68. The fourth-order valence-corrected chi connectivity index (χ4v) is 3.21. The van der Waals surface area contributed by atoms with Gasteiger partial charge in [0.1, 0.15) is 0 Å². The molecule has 1 aliphatic heterocycles. The van der Waals surface area contributed by atoms with Crippen LogP contribution in [-0.4, -0.2) is 37.0 Å². The average Bonchev–Trinajstić information content (AvgIpc) is 2.89. The Kier molecular flexibility index (Phi) is 5.59. The van der Waals surface area contributed by atoms with Crippen molar-refractivity contribution in [3.63, 3.8) is 0 Å². The van der Waals surface area contributed by atoms with Gasteiger partial charge in [-0.25, -0.2) is 0 Å². The number of carbonyl (C=O) groups excluding carboxylic acids is 1. The van der Waals surface area contributed by atoms with Gasteiger partial charge >= 0.3 is 0 Å². The first-order chi connectivity index (χ1) is 10.5. The molecule has 122 valence electrons. The molecule has 22 heavy (non-hydrogen) atoms. The topological polar surface area (TPSA) is 58.4 Å². The van der Waals surface area contributed by atoms with E-state index in [-0.39, 0.29) is 11.3 Å². The van der Waals surface area contributed by atoms with E-state index >= 15 is 0 Å². The van der Waals surface area contributed by atoms with Crippen LogP contribution in [0.2, 0.25) is 0 Å². The van der Waals surface area contributed by atoms with E-state index in [1.54, 1.807) is 0 Å². The number of nitrogens with zero attached hydrogens (tertiary/aromatic N) is 1. The van der Waals surface area contributed by atoms with Crippen LogP contribution >= 0.6 is 0 Å². The van der Waals surface area contributed by atoms with Gasteiger partial charge in [-0.15, -0.1) is 0 Å². The van der Waals surface area contributed by atoms with E-state index in [0.29, 0.717) is 13.1 Å². The minimum absolute atomic E-state index is 0.0804. The molecule has 0 bridgehead atoms. The number of rotatable bonds is 6. The maximum absolute atomic E-state index is 12.4. The average molecular weight is 303 g/mol. The Morgan fingerprint density at radius 3 is 2.45 bits per heavy atom. The standard InChI is InChI=1S/C18H29N3O/c1-4-14-7-6-8-15(5-2)17(14)20-16(22)11-21-10-9-18(3,12-19)13-21/h6-8H,4-5,9-13,19H2,1-3H3,(H,20,22). The molecule has 0 aromatic heterocycles. The molecule has 0 saturated carbocycles. The molecule has 1 aromatic rings. The number of anilines is 1. The van der Waals surface area contributed by atoms with E-state index in [4.69, 9.17) is 5.73 Å². The Morgan fingerprint density at radius 1 is 1.32 bits per heavy atom. The van der Waals surface area contributed by atoms with Crippen LogP contribution in [0.25, 0.3) is 0 Å². The van der Waals surface area contributed by atoms with Gasteiger partial charge in [-0.3, -0.25) is 9.69 Å². The number of nitrogens with one attached hydrogen (secondary N) is 1. The highest BCUT2D eigenvalue weighted by Gasteiger charge is 2.33. The van der Waals surface area contributed by atoms with Crippen LogP contribution < -0.4 is 11.1 Å². The summed E-state index contributed by atoms with van der Waals surface area (Å²) < 4.78 is 0. The number of nitrogens with two attached hydrogens (primary N) is 1. The highest BCUT2D eigenvalue weighted by Crippen LogP contribution is 2.28. The summed E-state index contributed by atoms with van der Waals surface area (Å²) in [6.07, 6.45) is 2.93. The summed E-state index contributed by atoms with van der Waals surface area (Å²) in [7, 11) is 0. The number of hydrogen-bond acceptors (Lipinski definition) is 3. The lowest BCUT2D eigenvalue weighted by atomic mass is 9.90. The molecule has 1 atom stereocenters. The molecule has 0 radical (unpaired) electrons. The number of amides is 1. The van der Waals surface area contributed by atoms with Crippen molar-refractivity contribution in [3.05, 3.63) is 29.3 Å². The molecule has 1 unspecified atom stereocenters. The minimum Gasteiger partial charge on any atom is -0.330 e. The van der Waals surface area contributed by atoms with Gasteiger partial charge in [-0.1, -0.05) is 39.0 Å². The van der Waals surface area contributed by atoms with Gasteiger partial charge in [0, 0.05) is 12.2 Å². The van der Waals surface area contributed by atoms with Crippen LogP contribution in [0.15, 0.2) is 18.2 Å². The van der Waals surface area contributed by atoms with Crippen LogP contribution in [0, 0.1) is 5.41 Å². The summed E-state index contributed by atoms with van der Waals surface area (Å²) in [6, 6.07) is 6.26. The largest absolute Gasteiger partial charge is 0.330 e. The number of carbonyl (C=O) groups is 1. The molecule has 1 amide bonds. The van der Waals surface area contributed by atoms with Crippen LogP contribution in [0.4, 0.5) is 5.69 Å². The Labute approximate surface area is 134 Å². The van der Waals surface area contributed by atoms with Crippen LogP contribution in [-0.2, 0) is 17.6 Å². The number of hydrogen-bond donors (Lipinski definition) is 2. The Hall–Kier alpha value is -1.39. The van der Waals surface area contributed by atoms with Crippen molar-refractivity contribution in [2.75, 3.05) is 31.5 Å². The maximum Gasteiger partial charge on any atom is 0.238 e. The van der Waals surface area contributed by atoms with E-state index in [9.17, 15) is 4.79 Å². The third-order valence-corrected chi connectivity index (χ3v) is 4.76. The van der Waals surface area contributed by atoms with Crippen LogP contribution in [0.3, 0.4) is 0 Å². The van der Waals surface area contributed by atoms with Crippen LogP contribution in [0.1, 0.15) is 38.3 Å². The maximum atomic E-state index is 12.4. The molecular formula is C18H29N3O. The van der Waals surface area contributed by atoms with E-state index < -0.39 is 0 Å². The van der Waals surface area contributed by atoms with Crippen molar-refractivity contribution in [2.45, 2.75) is 40.0 Å². The first-order valence-electron chi connectivity index (χ1n) is 8.34. The predicted octanol–water partition coefficient (Wildman–Crippen LogP) is 2.42. The molecule has 1 heterocycles. The first kappa shape index (κ1) is 17.0. The number of para-hydroxylation sites is 1. The predicted molar refractivity (Wildman–Crippen MR) is 92.0 cm³/mol. The second kappa shape index (κ2) is 7.25. The third kappa shape index (κ3) is 3.87. The minimum atomic E-state index is 0.0804. The SMILES string of the molecule is CCc1cccc(CC)c1NC(=O)CN1CCC(C)(CN)C1. The van der Waals surface area contributed by atoms with Gasteiger partial charge in [-0.2, -0.15) is 0 Å². The van der Waals surface area contributed by atoms with Gasteiger partial charge in [-0.05, 0) is 48.9 Å². The van der Waals surface area contributed by atoms with E-state index in [0.717, 1.165) is 38.0 Å². The van der Waals surface area contributed by atoms with Gasteiger partial charge in [0.2, 0.25) is 5.91 Å². The number of benzene rings is 1. The van der Waals surface area contributed by atoms with Crippen molar-refractivity contribution in [1.82, 2.24) is 4.90 Å². The number of aryl methyl sites for hydroxylation is 2. The van der Waals surface area contributed by atoms with E-state index in [1.807, 2.05) is 0 Å². The van der Waals surface area contributed by atoms with E-state index in [2.05, 4.69) is 49.2 Å².